The number of methoxy groups -OCH3 is 1. The second kappa shape index (κ2) is 12.8. The average Bonchev–Trinajstić information content (AvgIpc) is 2.86. The molecule has 0 saturated carbocycles. The first-order valence-corrected chi connectivity index (χ1v) is 12.2. The molecule has 1 heterocycles. The quantitative estimate of drug-likeness (QED) is 0.291. The highest BCUT2D eigenvalue weighted by atomic mass is 32.2. The molecule has 35 heavy (non-hydrogen) atoms. The molecule has 0 aliphatic carbocycles. The SMILES string of the molecule is CCOc1ccc(SCC(=O)N(CCCOC)c2c(N)n(Cc3ccccc3)c(=O)[nH]c2=O)cc1. The van der Waals surface area contributed by atoms with Gasteiger partial charge < -0.3 is 20.1 Å². The van der Waals surface area contributed by atoms with Gasteiger partial charge in [0, 0.05) is 25.2 Å². The van der Waals surface area contributed by atoms with E-state index in [0.29, 0.717) is 19.6 Å². The van der Waals surface area contributed by atoms with Crippen LogP contribution in [0.3, 0.4) is 0 Å². The number of carbonyl (C=O) groups excluding carboxylic acids is 1. The Bertz CT molecular complexity index is 1230. The van der Waals surface area contributed by atoms with Gasteiger partial charge in [-0.05, 0) is 43.2 Å². The Morgan fingerprint density at radius 2 is 1.83 bits per heavy atom. The summed E-state index contributed by atoms with van der Waals surface area (Å²) in [7, 11) is 1.56. The number of nitrogens with one attached hydrogen (secondary N) is 1. The van der Waals surface area contributed by atoms with Gasteiger partial charge in [-0.1, -0.05) is 30.3 Å². The van der Waals surface area contributed by atoms with Gasteiger partial charge in [-0.15, -0.1) is 11.8 Å². The fourth-order valence-electron chi connectivity index (χ4n) is 3.51. The zero-order valence-electron chi connectivity index (χ0n) is 19.9. The standard InChI is InChI=1S/C25H30N4O5S/c1-3-34-19-10-12-20(13-11-19)35-17-21(30)28(14-7-15-33-2)22-23(26)29(25(32)27-24(22)31)16-18-8-5-4-6-9-18/h4-6,8-13H,3,7,14-17,26H2,1-2H3,(H,27,31,32). The number of nitrogens with two attached hydrogens (primary N) is 1. The second-order valence-electron chi connectivity index (χ2n) is 7.65. The molecule has 0 fully saturated rings. The first-order valence-electron chi connectivity index (χ1n) is 11.3. The third kappa shape index (κ3) is 7.00. The number of amides is 1. The normalized spacial score (nSPS) is 10.8. The Morgan fingerprint density at radius 1 is 1.11 bits per heavy atom. The van der Waals surface area contributed by atoms with Crippen molar-refractivity contribution in [2.75, 3.05) is 43.3 Å². The Morgan fingerprint density at radius 3 is 2.49 bits per heavy atom. The van der Waals surface area contributed by atoms with Gasteiger partial charge in [0.25, 0.3) is 5.56 Å². The van der Waals surface area contributed by atoms with Gasteiger partial charge in [-0.2, -0.15) is 0 Å². The summed E-state index contributed by atoms with van der Waals surface area (Å²) in [4.78, 5) is 43.2. The average molecular weight is 499 g/mol. The third-order valence-corrected chi connectivity index (χ3v) is 6.19. The number of hydrogen-bond donors (Lipinski definition) is 2. The molecule has 186 valence electrons. The highest BCUT2D eigenvalue weighted by Crippen LogP contribution is 2.24. The fraction of sp³-hybridized carbons (Fsp3) is 0.320. The molecule has 0 unspecified atom stereocenters. The Labute approximate surface area is 207 Å². The minimum absolute atomic E-state index is 0.0334. The van der Waals surface area contributed by atoms with Crippen LogP contribution >= 0.6 is 11.8 Å². The van der Waals surface area contributed by atoms with Crippen LogP contribution in [0.15, 0.2) is 69.1 Å². The van der Waals surface area contributed by atoms with Crippen LogP contribution in [-0.4, -0.2) is 48.1 Å². The lowest BCUT2D eigenvalue weighted by Gasteiger charge is -2.24. The van der Waals surface area contributed by atoms with Crippen molar-refractivity contribution in [1.82, 2.24) is 9.55 Å². The first kappa shape index (κ1) is 26.1. The number of aromatic amines is 1. The number of rotatable bonds is 12. The molecule has 3 rings (SSSR count). The third-order valence-electron chi connectivity index (χ3n) is 5.20. The number of ether oxygens (including phenoxy) is 2. The monoisotopic (exact) mass is 498 g/mol. The number of aromatic nitrogens is 2. The highest BCUT2D eigenvalue weighted by molar-refractivity contribution is 8.00. The number of carbonyl (C=O) groups is 1. The van der Waals surface area contributed by atoms with Crippen molar-refractivity contribution in [3.63, 3.8) is 0 Å². The summed E-state index contributed by atoms with van der Waals surface area (Å²) < 4.78 is 11.8. The molecule has 0 bridgehead atoms. The maximum Gasteiger partial charge on any atom is 0.330 e. The summed E-state index contributed by atoms with van der Waals surface area (Å²) >= 11 is 1.34. The van der Waals surface area contributed by atoms with Gasteiger partial charge >= 0.3 is 5.69 Å². The zero-order chi connectivity index (χ0) is 25.2. The Kier molecular flexibility index (Phi) is 9.56. The fourth-order valence-corrected chi connectivity index (χ4v) is 4.29. The van der Waals surface area contributed by atoms with E-state index in [0.717, 1.165) is 16.2 Å². The maximum atomic E-state index is 13.3. The molecule has 0 aliphatic heterocycles. The predicted octanol–water partition coefficient (Wildman–Crippen LogP) is 2.73. The molecule has 1 aromatic heterocycles. The summed E-state index contributed by atoms with van der Waals surface area (Å²) in [5, 5.41) is 0. The number of anilines is 2. The van der Waals surface area contributed by atoms with Crippen molar-refractivity contribution in [3.05, 3.63) is 81.0 Å². The number of nitrogen functional groups attached to an aromatic ring is 1. The molecule has 10 heteroatoms. The number of nitrogens with zero attached hydrogens (tertiary/aromatic N) is 2. The smallest absolute Gasteiger partial charge is 0.330 e. The van der Waals surface area contributed by atoms with E-state index in [2.05, 4.69) is 4.98 Å². The van der Waals surface area contributed by atoms with Crippen molar-refractivity contribution in [3.8, 4) is 5.75 Å². The van der Waals surface area contributed by atoms with Crippen molar-refractivity contribution in [1.29, 1.82) is 0 Å². The lowest BCUT2D eigenvalue weighted by atomic mass is 10.2. The van der Waals surface area contributed by atoms with Gasteiger partial charge in [-0.25, -0.2) is 4.79 Å². The largest absolute Gasteiger partial charge is 0.494 e. The van der Waals surface area contributed by atoms with Gasteiger partial charge in [0.15, 0.2) is 5.69 Å². The van der Waals surface area contributed by atoms with E-state index in [1.165, 1.54) is 21.2 Å². The number of thioether (sulfide) groups is 1. The molecule has 2 aromatic carbocycles. The predicted molar refractivity (Wildman–Crippen MR) is 138 cm³/mol. The molecule has 3 N–H and O–H groups in total. The van der Waals surface area contributed by atoms with E-state index < -0.39 is 11.2 Å². The molecular formula is C25H30N4O5S. The van der Waals surface area contributed by atoms with Crippen LogP contribution in [0.4, 0.5) is 11.5 Å². The van der Waals surface area contributed by atoms with E-state index in [9.17, 15) is 14.4 Å². The number of benzene rings is 2. The minimum atomic E-state index is -0.700. The van der Waals surface area contributed by atoms with Gasteiger partial charge in [0.05, 0.1) is 18.9 Å². The van der Waals surface area contributed by atoms with Crippen molar-refractivity contribution in [2.45, 2.75) is 24.8 Å². The van der Waals surface area contributed by atoms with Gasteiger partial charge in [0.2, 0.25) is 5.91 Å². The molecule has 3 aromatic rings. The lowest BCUT2D eigenvalue weighted by molar-refractivity contribution is -0.116. The summed E-state index contributed by atoms with van der Waals surface area (Å²) in [6.45, 7) is 3.26. The van der Waals surface area contributed by atoms with E-state index in [4.69, 9.17) is 15.2 Å². The van der Waals surface area contributed by atoms with E-state index in [-0.39, 0.29) is 36.3 Å². The van der Waals surface area contributed by atoms with Crippen LogP contribution in [0, 0.1) is 0 Å². The van der Waals surface area contributed by atoms with Crippen LogP contribution in [0.1, 0.15) is 18.9 Å². The van der Waals surface area contributed by atoms with Crippen molar-refractivity contribution < 1.29 is 14.3 Å². The molecule has 0 aliphatic rings. The van der Waals surface area contributed by atoms with Crippen LogP contribution in [0.2, 0.25) is 0 Å². The topological polar surface area (TPSA) is 120 Å². The van der Waals surface area contributed by atoms with E-state index in [1.54, 1.807) is 7.11 Å². The van der Waals surface area contributed by atoms with E-state index in [1.807, 2.05) is 61.5 Å². The summed E-state index contributed by atoms with van der Waals surface area (Å²) in [5.74, 6) is 0.475. The molecule has 0 spiro atoms. The molecule has 1 amide bonds. The second-order valence-corrected chi connectivity index (χ2v) is 8.70. The molecule has 0 atom stereocenters. The van der Waals surface area contributed by atoms with Crippen molar-refractivity contribution in [2.24, 2.45) is 0 Å². The summed E-state index contributed by atoms with van der Waals surface area (Å²) in [5.41, 5.74) is 5.80. The highest BCUT2D eigenvalue weighted by Gasteiger charge is 2.24. The Balaban J connectivity index is 1.87. The molecule has 0 radical (unpaired) electrons. The minimum Gasteiger partial charge on any atom is -0.494 e. The van der Waals surface area contributed by atoms with Crippen LogP contribution in [-0.2, 0) is 16.1 Å². The number of H-pyrrole nitrogens is 1. The zero-order valence-corrected chi connectivity index (χ0v) is 20.7. The Hall–Kier alpha value is -3.50. The van der Waals surface area contributed by atoms with Crippen LogP contribution < -0.4 is 26.6 Å². The maximum absolute atomic E-state index is 13.3. The van der Waals surface area contributed by atoms with Crippen LogP contribution in [0.5, 0.6) is 5.75 Å². The van der Waals surface area contributed by atoms with Gasteiger partial charge in [-0.3, -0.25) is 19.1 Å². The molecule has 0 saturated heterocycles. The first-order chi connectivity index (χ1) is 16.9. The van der Waals surface area contributed by atoms with Crippen molar-refractivity contribution >= 4 is 29.2 Å². The molecule has 9 nitrogen and oxygen atoms in total. The van der Waals surface area contributed by atoms with Crippen LogP contribution in [0.25, 0.3) is 0 Å². The molecular weight excluding hydrogens is 468 g/mol. The lowest BCUT2D eigenvalue weighted by Crippen LogP contribution is -2.42. The number of hydrogen-bond acceptors (Lipinski definition) is 7. The summed E-state index contributed by atoms with van der Waals surface area (Å²) in [6, 6.07) is 16.7. The van der Waals surface area contributed by atoms with E-state index >= 15 is 0 Å². The summed E-state index contributed by atoms with van der Waals surface area (Å²) in [6.07, 6.45) is 0.493. The van der Waals surface area contributed by atoms with Gasteiger partial charge in [0.1, 0.15) is 11.6 Å².